The molecular weight excluding hydrogens is 192 g/mol. The van der Waals surface area contributed by atoms with Gasteiger partial charge in [0, 0.05) is 11.6 Å². The zero-order valence-corrected chi connectivity index (χ0v) is 10.3. The van der Waals surface area contributed by atoms with E-state index in [0.717, 1.165) is 19.3 Å². The zero-order chi connectivity index (χ0) is 11.9. The maximum Gasteiger partial charge on any atom is 0.404 e. The summed E-state index contributed by atoms with van der Waals surface area (Å²) in [4.78, 5) is 10.3. The first kappa shape index (κ1) is 14.2. The van der Waals surface area contributed by atoms with Crippen LogP contribution >= 0.6 is 0 Å². The summed E-state index contributed by atoms with van der Waals surface area (Å²) in [6, 6.07) is 0.474. The van der Waals surface area contributed by atoms with Crippen LogP contribution in [0.25, 0.3) is 0 Å². The molecule has 4 heteroatoms. The van der Waals surface area contributed by atoms with Crippen molar-refractivity contribution in [1.82, 2.24) is 5.32 Å². The van der Waals surface area contributed by atoms with E-state index in [1.54, 1.807) is 0 Å². The molecule has 0 aliphatic carbocycles. The van der Waals surface area contributed by atoms with Crippen molar-refractivity contribution in [2.75, 3.05) is 6.61 Å². The van der Waals surface area contributed by atoms with Crippen molar-refractivity contribution in [1.29, 1.82) is 0 Å². The zero-order valence-electron chi connectivity index (χ0n) is 10.3. The molecule has 4 nitrogen and oxygen atoms in total. The Morgan fingerprint density at radius 2 is 2.07 bits per heavy atom. The summed E-state index contributed by atoms with van der Waals surface area (Å²) in [7, 11) is 0. The predicted octanol–water partition coefficient (Wildman–Crippen LogP) is 2.03. The van der Waals surface area contributed by atoms with Gasteiger partial charge in [0.25, 0.3) is 0 Å². The van der Waals surface area contributed by atoms with Crippen LogP contribution in [-0.4, -0.2) is 24.3 Å². The third kappa shape index (κ3) is 9.53. The first-order chi connectivity index (χ1) is 6.85. The largest absolute Gasteiger partial charge is 0.450 e. The van der Waals surface area contributed by atoms with Crippen molar-refractivity contribution in [2.45, 2.75) is 58.5 Å². The van der Waals surface area contributed by atoms with E-state index < -0.39 is 6.09 Å². The molecule has 90 valence electrons. The lowest BCUT2D eigenvalue weighted by Crippen LogP contribution is -2.43. The van der Waals surface area contributed by atoms with Crippen LogP contribution in [0.2, 0.25) is 0 Å². The number of nitrogens with one attached hydrogen (secondary N) is 1. The van der Waals surface area contributed by atoms with Gasteiger partial charge in [-0.25, -0.2) is 4.79 Å². The first-order valence-corrected chi connectivity index (χ1v) is 5.55. The molecule has 0 saturated heterocycles. The summed E-state index contributed by atoms with van der Waals surface area (Å²) in [5.74, 6) is 0. The monoisotopic (exact) mass is 216 g/mol. The van der Waals surface area contributed by atoms with Gasteiger partial charge in [0.15, 0.2) is 0 Å². The number of hydrogen-bond acceptors (Lipinski definition) is 3. The Morgan fingerprint density at radius 1 is 1.47 bits per heavy atom. The second kappa shape index (κ2) is 6.67. The number of hydrogen-bond donors (Lipinski definition) is 2. The molecule has 0 aromatic rings. The fraction of sp³-hybridized carbons (Fsp3) is 0.909. The van der Waals surface area contributed by atoms with Gasteiger partial charge in [0.2, 0.25) is 0 Å². The number of primary amides is 1. The summed E-state index contributed by atoms with van der Waals surface area (Å²) in [6.45, 7) is 9.01. The lowest BCUT2D eigenvalue weighted by atomic mass is 10.0. The molecule has 0 aliphatic heterocycles. The van der Waals surface area contributed by atoms with Gasteiger partial charge in [-0.15, -0.1) is 0 Å². The molecule has 0 bridgehead atoms. The highest BCUT2D eigenvalue weighted by atomic mass is 16.5. The Balaban J connectivity index is 3.67. The molecule has 0 radical (unpaired) electrons. The molecule has 1 atom stereocenters. The maximum absolute atomic E-state index is 10.3. The minimum absolute atomic E-state index is 0.130. The molecule has 0 aromatic carbocycles. The lowest BCUT2D eigenvalue weighted by molar-refractivity contribution is 0.152. The average molecular weight is 216 g/mol. The molecule has 3 N–H and O–H groups in total. The highest BCUT2D eigenvalue weighted by molar-refractivity contribution is 5.64. The number of amides is 1. The molecule has 0 spiro atoms. The van der Waals surface area contributed by atoms with Crippen molar-refractivity contribution < 1.29 is 9.53 Å². The van der Waals surface area contributed by atoms with Crippen molar-refractivity contribution in [3.8, 4) is 0 Å². The minimum Gasteiger partial charge on any atom is -0.450 e. The standard InChI is InChI=1S/C11H24N2O2/c1-5-9(13-11(2,3)4)7-6-8-15-10(12)14/h9,13H,5-8H2,1-4H3,(H2,12,14). The van der Waals surface area contributed by atoms with Crippen LogP contribution < -0.4 is 11.1 Å². The summed E-state index contributed by atoms with van der Waals surface area (Å²) in [5, 5.41) is 3.52. The molecule has 0 rings (SSSR count). The fourth-order valence-corrected chi connectivity index (χ4v) is 1.49. The van der Waals surface area contributed by atoms with Gasteiger partial charge in [-0.3, -0.25) is 0 Å². The average Bonchev–Trinajstić information content (AvgIpc) is 2.08. The number of carbonyl (C=O) groups is 1. The number of ether oxygens (including phenoxy) is 1. The van der Waals surface area contributed by atoms with E-state index in [0.29, 0.717) is 12.6 Å². The highest BCUT2D eigenvalue weighted by Gasteiger charge is 2.15. The van der Waals surface area contributed by atoms with Crippen molar-refractivity contribution in [3.05, 3.63) is 0 Å². The molecular formula is C11H24N2O2. The molecule has 15 heavy (non-hydrogen) atoms. The van der Waals surface area contributed by atoms with Gasteiger partial charge in [-0.05, 0) is 40.0 Å². The normalized spacial score (nSPS) is 13.6. The summed E-state index contributed by atoms with van der Waals surface area (Å²) in [5.41, 5.74) is 5.00. The Labute approximate surface area is 92.6 Å². The fourth-order valence-electron chi connectivity index (χ4n) is 1.49. The number of nitrogens with two attached hydrogens (primary N) is 1. The Kier molecular flexibility index (Phi) is 6.32. The van der Waals surface area contributed by atoms with Gasteiger partial charge in [-0.2, -0.15) is 0 Å². The quantitative estimate of drug-likeness (QED) is 0.668. The molecule has 0 fully saturated rings. The molecule has 0 saturated carbocycles. The van der Waals surface area contributed by atoms with E-state index in [-0.39, 0.29) is 5.54 Å². The van der Waals surface area contributed by atoms with Crippen molar-refractivity contribution in [3.63, 3.8) is 0 Å². The highest BCUT2D eigenvalue weighted by Crippen LogP contribution is 2.08. The van der Waals surface area contributed by atoms with Crippen LogP contribution in [0.1, 0.15) is 47.0 Å². The second-order valence-corrected chi connectivity index (χ2v) is 4.81. The second-order valence-electron chi connectivity index (χ2n) is 4.81. The third-order valence-electron chi connectivity index (χ3n) is 2.07. The van der Waals surface area contributed by atoms with E-state index >= 15 is 0 Å². The molecule has 0 aliphatic rings. The van der Waals surface area contributed by atoms with E-state index in [9.17, 15) is 4.79 Å². The van der Waals surface area contributed by atoms with Crippen LogP contribution in [0.4, 0.5) is 4.79 Å². The Morgan fingerprint density at radius 3 is 2.47 bits per heavy atom. The Bertz CT molecular complexity index is 188. The van der Waals surface area contributed by atoms with Gasteiger partial charge >= 0.3 is 6.09 Å². The molecule has 1 unspecified atom stereocenters. The van der Waals surface area contributed by atoms with Gasteiger partial charge < -0.3 is 15.8 Å². The maximum atomic E-state index is 10.3. The number of rotatable bonds is 6. The summed E-state index contributed by atoms with van der Waals surface area (Å²) < 4.78 is 4.68. The van der Waals surface area contributed by atoms with Gasteiger partial charge in [-0.1, -0.05) is 6.92 Å². The van der Waals surface area contributed by atoms with E-state index in [1.165, 1.54) is 0 Å². The van der Waals surface area contributed by atoms with Crippen molar-refractivity contribution >= 4 is 6.09 Å². The van der Waals surface area contributed by atoms with E-state index in [1.807, 2.05) is 0 Å². The topological polar surface area (TPSA) is 64.3 Å². The van der Waals surface area contributed by atoms with Gasteiger partial charge in [0.05, 0.1) is 6.61 Å². The van der Waals surface area contributed by atoms with E-state index in [4.69, 9.17) is 5.73 Å². The van der Waals surface area contributed by atoms with Crippen LogP contribution in [-0.2, 0) is 4.74 Å². The summed E-state index contributed by atoms with van der Waals surface area (Å²) in [6.07, 6.45) is 2.24. The first-order valence-electron chi connectivity index (χ1n) is 5.55. The minimum atomic E-state index is -0.688. The van der Waals surface area contributed by atoms with Gasteiger partial charge in [0.1, 0.15) is 0 Å². The van der Waals surface area contributed by atoms with Crippen LogP contribution in [0.5, 0.6) is 0 Å². The van der Waals surface area contributed by atoms with Crippen molar-refractivity contribution in [2.24, 2.45) is 5.73 Å². The molecule has 0 aromatic heterocycles. The SMILES string of the molecule is CCC(CCCOC(N)=O)NC(C)(C)C. The number of carbonyl (C=O) groups excluding carboxylic acids is 1. The van der Waals surface area contributed by atoms with Crippen LogP contribution in [0.15, 0.2) is 0 Å². The summed E-state index contributed by atoms with van der Waals surface area (Å²) >= 11 is 0. The smallest absolute Gasteiger partial charge is 0.404 e. The Hall–Kier alpha value is -0.770. The molecule has 0 heterocycles. The predicted molar refractivity (Wildman–Crippen MR) is 61.7 cm³/mol. The van der Waals surface area contributed by atoms with Crippen LogP contribution in [0.3, 0.4) is 0 Å². The lowest BCUT2D eigenvalue weighted by Gasteiger charge is -2.27. The third-order valence-corrected chi connectivity index (χ3v) is 2.07. The van der Waals surface area contributed by atoms with E-state index in [2.05, 4.69) is 37.7 Å². The van der Waals surface area contributed by atoms with Crippen LogP contribution in [0, 0.1) is 0 Å². The molecule has 1 amide bonds.